The highest BCUT2D eigenvalue weighted by Crippen LogP contribution is 2.24. The fourth-order valence-electron chi connectivity index (χ4n) is 3.74. The molecule has 0 radical (unpaired) electrons. The minimum Gasteiger partial charge on any atom is -0.353 e. The molecule has 6 heteroatoms. The normalized spacial score (nSPS) is 16.4. The van der Waals surface area contributed by atoms with Gasteiger partial charge in [-0.15, -0.1) is 10.2 Å². The molecule has 1 saturated heterocycles. The third-order valence-corrected chi connectivity index (χ3v) is 5.14. The molecule has 2 aromatic heterocycles. The molecule has 0 spiro atoms. The van der Waals surface area contributed by atoms with Crippen LogP contribution in [0.15, 0.2) is 24.3 Å². The summed E-state index contributed by atoms with van der Waals surface area (Å²) in [4.78, 5) is 7.26. The Morgan fingerprint density at radius 3 is 2.68 bits per heavy atom. The second-order valence-electron chi connectivity index (χ2n) is 6.92. The molecule has 6 nitrogen and oxygen atoms in total. The first kappa shape index (κ1) is 16.3. The summed E-state index contributed by atoms with van der Waals surface area (Å²) < 4.78 is 2.09. The number of nitrogens with one attached hydrogen (secondary N) is 1. The van der Waals surface area contributed by atoms with Crippen LogP contribution in [-0.4, -0.2) is 50.8 Å². The molecule has 0 unspecified atom stereocenters. The number of hydrogen-bond donors (Lipinski definition) is 1. The maximum absolute atomic E-state index is 4.68. The Kier molecular flexibility index (Phi) is 4.78. The number of hydrogen-bond acceptors (Lipinski definition) is 5. The molecule has 1 fully saturated rings. The molecule has 132 valence electrons. The predicted molar refractivity (Wildman–Crippen MR) is 102 cm³/mol. The highest BCUT2D eigenvalue weighted by Gasteiger charge is 2.12. The number of anilines is 1. The molecule has 3 aromatic rings. The van der Waals surface area contributed by atoms with Gasteiger partial charge in [0.25, 0.3) is 0 Å². The minimum atomic E-state index is 0.620. The van der Waals surface area contributed by atoms with Crippen LogP contribution in [0.4, 0.5) is 5.95 Å². The van der Waals surface area contributed by atoms with Gasteiger partial charge in [-0.3, -0.25) is 0 Å². The van der Waals surface area contributed by atoms with E-state index >= 15 is 0 Å². The third kappa shape index (κ3) is 3.44. The second kappa shape index (κ2) is 7.35. The fraction of sp³-hybridized carbons (Fsp3) is 0.526. The Bertz CT molecular complexity index is 848. The average Bonchev–Trinajstić information content (AvgIpc) is 2.82. The smallest absolute Gasteiger partial charge is 0.244 e. The van der Waals surface area contributed by atoms with Crippen molar-refractivity contribution in [1.82, 2.24) is 24.6 Å². The van der Waals surface area contributed by atoms with Crippen LogP contribution >= 0.6 is 0 Å². The van der Waals surface area contributed by atoms with E-state index in [0.717, 1.165) is 41.6 Å². The maximum Gasteiger partial charge on any atom is 0.244 e. The molecular weight excluding hydrogens is 312 g/mol. The zero-order chi connectivity index (χ0) is 17.1. The zero-order valence-corrected chi connectivity index (χ0v) is 14.9. The van der Waals surface area contributed by atoms with E-state index in [1.807, 2.05) is 19.2 Å². The lowest BCUT2D eigenvalue weighted by Crippen LogP contribution is -2.27. The molecule has 1 N–H and O–H groups in total. The lowest BCUT2D eigenvalue weighted by Gasteiger charge is -2.19. The lowest BCUT2D eigenvalue weighted by atomic mass is 10.2. The topological polar surface area (TPSA) is 58.9 Å². The number of aryl methyl sites for hydroxylation is 1. The van der Waals surface area contributed by atoms with Gasteiger partial charge in [-0.2, -0.15) is 4.98 Å². The van der Waals surface area contributed by atoms with E-state index in [2.05, 4.69) is 42.1 Å². The number of aromatic nitrogens is 4. The Labute approximate surface area is 148 Å². The monoisotopic (exact) mass is 338 g/mol. The SMILES string of the molecule is Cn1c2ccccc2c2nnc(NCCCN3CCCCCC3)nc21. The van der Waals surface area contributed by atoms with E-state index in [4.69, 9.17) is 0 Å². The first-order valence-corrected chi connectivity index (χ1v) is 9.37. The van der Waals surface area contributed by atoms with E-state index in [0.29, 0.717) is 5.95 Å². The van der Waals surface area contributed by atoms with Crippen molar-refractivity contribution in [3.05, 3.63) is 24.3 Å². The maximum atomic E-state index is 4.68. The van der Waals surface area contributed by atoms with Gasteiger partial charge in [0.2, 0.25) is 5.95 Å². The van der Waals surface area contributed by atoms with Gasteiger partial charge in [-0.05, 0) is 45.0 Å². The summed E-state index contributed by atoms with van der Waals surface area (Å²) in [5, 5.41) is 13.1. The van der Waals surface area contributed by atoms with Gasteiger partial charge in [0.15, 0.2) is 5.65 Å². The van der Waals surface area contributed by atoms with Crippen LogP contribution in [0.5, 0.6) is 0 Å². The van der Waals surface area contributed by atoms with Gasteiger partial charge >= 0.3 is 0 Å². The Balaban J connectivity index is 1.40. The molecule has 1 aliphatic heterocycles. The Hall–Kier alpha value is -2.21. The summed E-state index contributed by atoms with van der Waals surface area (Å²) in [6, 6.07) is 8.23. The first-order chi connectivity index (χ1) is 12.3. The van der Waals surface area contributed by atoms with Gasteiger partial charge < -0.3 is 14.8 Å². The number of benzene rings is 1. The van der Waals surface area contributed by atoms with Crippen molar-refractivity contribution >= 4 is 28.0 Å². The average molecular weight is 338 g/mol. The van der Waals surface area contributed by atoms with E-state index < -0.39 is 0 Å². The van der Waals surface area contributed by atoms with Crippen LogP contribution in [0.1, 0.15) is 32.1 Å². The van der Waals surface area contributed by atoms with Crippen molar-refractivity contribution in [2.75, 3.05) is 31.5 Å². The first-order valence-electron chi connectivity index (χ1n) is 9.37. The van der Waals surface area contributed by atoms with Crippen LogP contribution in [0.3, 0.4) is 0 Å². The van der Waals surface area contributed by atoms with Crippen molar-refractivity contribution in [2.45, 2.75) is 32.1 Å². The Morgan fingerprint density at radius 2 is 1.84 bits per heavy atom. The summed E-state index contributed by atoms with van der Waals surface area (Å²) in [7, 11) is 2.03. The summed E-state index contributed by atoms with van der Waals surface area (Å²) in [6.07, 6.45) is 6.57. The second-order valence-corrected chi connectivity index (χ2v) is 6.92. The largest absolute Gasteiger partial charge is 0.353 e. The molecule has 1 aliphatic rings. The summed E-state index contributed by atoms with van der Waals surface area (Å²) >= 11 is 0. The fourth-order valence-corrected chi connectivity index (χ4v) is 3.74. The molecular formula is C19H26N6. The van der Waals surface area contributed by atoms with Gasteiger partial charge in [-0.25, -0.2) is 0 Å². The van der Waals surface area contributed by atoms with Gasteiger partial charge in [0.05, 0.1) is 5.52 Å². The standard InChI is InChI=1S/C19H26N6/c1-24-16-10-5-4-9-15(16)17-18(24)21-19(23-22-17)20-11-8-14-25-12-6-2-3-7-13-25/h4-5,9-10H,2-3,6-8,11-14H2,1H3,(H,20,21,23). The highest BCUT2D eigenvalue weighted by molar-refractivity contribution is 6.04. The quantitative estimate of drug-likeness (QED) is 0.724. The molecule has 0 aliphatic carbocycles. The molecule has 25 heavy (non-hydrogen) atoms. The molecule has 0 amide bonds. The summed E-state index contributed by atoms with van der Waals surface area (Å²) in [5.41, 5.74) is 2.89. The number of fused-ring (bicyclic) bond motifs is 3. The molecule has 0 saturated carbocycles. The highest BCUT2D eigenvalue weighted by atomic mass is 15.3. The van der Waals surface area contributed by atoms with Gasteiger partial charge in [-0.1, -0.05) is 31.0 Å². The van der Waals surface area contributed by atoms with Gasteiger partial charge in [0.1, 0.15) is 5.52 Å². The molecule has 4 rings (SSSR count). The Morgan fingerprint density at radius 1 is 1.04 bits per heavy atom. The van der Waals surface area contributed by atoms with E-state index in [-0.39, 0.29) is 0 Å². The summed E-state index contributed by atoms with van der Waals surface area (Å²) in [5.74, 6) is 0.620. The van der Waals surface area contributed by atoms with Crippen LogP contribution in [-0.2, 0) is 7.05 Å². The molecule has 0 bridgehead atoms. The summed E-state index contributed by atoms with van der Waals surface area (Å²) in [6.45, 7) is 4.53. The van der Waals surface area contributed by atoms with Crippen LogP contribution in [0.2, 0.25) is 0 Å². The van der Waals surface area contributed by atoms with E-state index in [1.54, 1.807) is 0 Å². The van der Waals surface area contributed by atoms with E-state index in [1.165, 1.54) is 38.8 Å². The van der Waals surface area contributed by atoms with Crippen molar-refractivity contribution in [2.24, 2.45) is 7.05 Å². The predicted octanol–water partition coefficient (Wildman–Crippen LogP) is 3.19. The van der Waals surface area contributed by atoms with Crippen LogP contribution < -0.4 is 5.32 Å². The number of rotatable bonds is 5. The van der Waals surface area contributed by atoms with Crippen LogP contribution in [0.25, 0.3) is 22.1 Å². The molecule has 1 aromatic carbocycles. The minimum absolute atomic E-state index is 0.620. The lowest BCUT2D eigenvalue weighted by molar-refractivity contribution is 0.284. The van der Waals surface area contributed by atoms with Crippen LogP contribution in [0, 0.1) is 0 Å². The molecule has 0 atom stereocenters. The van der Waals surface area contributed by atoms with Gasteiger partial charge in [0, 0.05) is 19.0 Å². The number of likely N-dealkylation sites (tertiary alicyclic amines) is 1. The van der Waals surface area contributed by atoms with Crippen molar-refractivity contribution < 1.29 is 0 Å². The van der Waals surface area contributed by atoms with Crippen molar-refractivity contribution in [1.29, 1.82) is 0 Å². The van der Waals surface area contributed by atoms with Crippen molar-refractivity contribution in [3.8, 4) is 0 Å². The van der Waals surface area contributed by atoms with E-state index in [9.17, 15) is 0 Å². The number of para-hydroxylation sites is 1. The zero-order valence-electron chi connectivity index (χ0n) is 14.9. The number of nitrogens with zero attached hydrogens (tertiary/aromatic N) is 5. The third-order valence-electron chi connectivity index (χ3n) is 5.14. The molecule has 3 heterocycles. The van der Waals surface area contributed by atoms with Crippen molar-refractivity contribution in [3.63, 3.8) is 0 Å².